The van der Waals surface area contributed by atoms with Crippen LogP contribution in [0.1, 0.15) is 38.5 Å². The molecular weight excluding hydrogens is 358 g/mol. The molecule has 0 bridgehead atoms. The number of nitrogens with two attached hydrogens (primary N) is 1. The number of piperidine rings is 1. The predicted molar refractivity (Wildman–Crippen MR) is 104 cm³/mol. The maximum Gasteiger partial charge on any atom is 0.222 e. The van der Waals surface area contributed by atoms with Gasteiger partial charge in [-0.15, -0.1) is 0 Å². The summed E-state index contributed by atoms with van der Waals surface area (Å²) in [6.45, 7) is 2.08. The molecule has 0 radical (unpaired) electrons. The van der Waals surface area contributed by atoms with Gasteiger partial charge in [0.2, 0.25) is 11.8 Å². The van der Waals surface area contributed by atoms with Crippen molar-refractivity contribution in [3.8, 4) is 17.1 Å². The number of primary amides is 1. The fraction of sp³-hybridized carbons (Fsp3) is 0.500. The van der Waals surface area contributed by atoms with E-state index in [9.17, 15) is 9.59 Å². The molecule has 0 unspecified atom stereocenters. The molecule has 3 heterocycles. The van der Waals surface area contributed by atoms with Gasteiger partial charge in [0.25, 0.3) is 0 Å². The third kappa shape index (κ3) is 5.80. The second-order valence-corrected chi connectivity index (χ2v) is 7.18. The van der Waals surface area contributed by atoms with Gasteiger partial charge in [-0.05, 0) is 43.9 Å². The highest BCUT2D eigenvalue weighted by Gasteiger charge is 2.23. The molecule has 0 spiro atoms. The van der Waals surface area contributed by atoms with Gasteiger partial charge < -0.3 is 15.4 Å². The Hall–Kier alpha value is -2.90. The second-order valence-electron chi connectivity index (χ2n) is 7.18. The minimum Gasteiger partial charge on any atom is -0.492 e. The molecule has 28 heavy (non-hydrogen) atoms. The van der Waals surface area contributed by atoms with Crippen LogP contribution in [0.3, 0.4) is 0 Å². The lowest BCUT2D eigenvalue weighted by Gasteiger charge is -2.32. The van der Waals surface area contributed by atoms with Gasteiger partial charge in [-0.2, -0.15) is 5.10 Å². The third-order valence-electron chi connectivity index (χ3n) is 4.93. The average Bonchev–Trinajstić information content (AvgIpc) is 3.25. The van der Waals surface area contributed by atoms with Crippen molar-refractivity contribution < 1.29 is 14.3 Å². The van der Waals surface area contributed by atoms with Crippen molar-refractivity contribution in [1.29, 1.82) is 0 Å². The smallest absolute Gasteiger partial charge is 0.222 e. The number of aromatic amines is 1. The molecule has 8 heteroatoms. The van der Waals surface area contributed by atoms with Crippen LogP contribution in [0.25, 0.3) is 11.4 Å². The van der Waals surface area contributed by atoms with Crippen LogP contribution in [0.15, 0.2) is 30.6 Å². The minimum atomic E-state index is -0.310. The van der Waals surface area contributed by atoms with Gasteiger partial charge in [0.1, 0.15) is 5.75 Å². The molecule has 2 aromatic rings. The zero-order valence-electron chi connectivity index (χ0n) is 16.0. The molecule has 2 aromatic heterocycles. The number of nitrogens with one attached hydrogen (secondary N) is 1. The van der Waals surface area contributed by atoms with E-state index in [0.717, 1.165) is 36.5 Å². The standard InChI is InChI=1S/C20H27N5O3/c21-19(26)5-1-2-6-20(27)25-11-3-4-15(13-25)14-28-16-7-8-17(22-12-16)18-9-10-23-24-18/h7-10,12,15H,1-6,11,13-14H2,(H2,21,26)(H,23,24)/t15-/m1/s1. The number of carbonyl (C=O) groups excluding carboxylic acids is 2. The number of H-pyrrole nitrogens is 1. The molecule has 8 nitrogen and oxygen atoms in total. The van der Waals surface area contributed by atoms with Crippen molar-refractivity contribution in [2.24, 2.45) is 11.7 Å². The van der Waals surface area contributed by atoms with Crippen molar-refractivity contribution in [2.45, 2.75) is 38.5 Å². The van der Waals surface area contributed by atoms with Crippen molar-refractivity contribution in [1.82, 2.24) is 20.1 Å². The van der Waals surface area contributed by atoms with E-state index in [2.05, 4.69) is 15.2 Å². The highest BCUT2D eigenvalue weighted by Crippen LogP contribution is 2.21. The molecule has 1 aliphatic heterocycles. The average molecular weight is 385 g/mol. The van der Waals surface area contributed by atoms with Crippen molar-refractivity contribution in [2.75, 3.05) is 19.7 Å². The van der Waals surface area contributed by atoms with Crippen LogP contribution in [0.4, 0.5) is 0 Å². The summed E-state index contributed by atoms with van der Waals surface area (Å²) in [5.74, 6) is 0.878. The number of pyridine rings is 1. The summed E-state index contributed by atoms with van der Waals surface area (Å²) in [6.07, 6.45) is 7.62. The lowest BCUT2D eigenvalue weighted by Crippen LogP contribution is -2.41. The lowest BCUT2D eigenvalue weighted by molar-refractivity contribution is -0.133. The largest absolute Gasteiger partial charge is 0.492 e. The summed E-state index contributed by atoms with van der Waals surface area (Å²) in [6, 6.07) is 5.66. The van der Waals surface area contributed by atoms with E-state index in [0.29, 0.717) is 44.8 Å². The van der Waals surface area contributed by atoms with E-state index in [1.54, 1.807) is 12.4 Å². The van der Waals surface area contributed by atoms with Crippen LogP contribution in [0, 0.1) is 5.92 Å². The molecule has 1 atom stereocenters. The van der Waals surface area contributed by atoms with Gasteiger partial charge in [-0.3, -0.25) is 19.7 Å². The van der Waals surface area contributed by atoms with Gasteiger partial charge in [0.15, 0.2) is 0 Å². The maximum absolute atomic E-state index is 12.4. The Labute approximate surface area is 164 Å². The number of likely N-dealkylation sites (tertiary alicyclic amines) is 1. The first-order valence-electron chi connectivity index (χ1n) is 9.76. The molecule has 0 aromatic carbocycles. The topological polar surface area (TPSA) is 114 Å². The zero-order valence-corrected chi connectivity index (χ0v) is 16.0. The summed E-state index contributed by atoms with van der Waals surface area (Å²) in [7, 11) is 0. The summed E-state index contributed by atoms with van der Waals surface area (Å²) in [5, 5.41) is 6.80. The van der Waals surface area contributed by atoms with Crippen molar-refractivity contribution >= 4 is 11.8 Å². The number of amides is 2. The molecule has 3 rings (SSSR count). The normalized spacial score (nSPS) is 16.7. The molecule has 0 aliphatic carbocycles. The fourth-order valence-electron chi connectivity index (χ4n) is 3.40. The van der Waals surface area contributed by atoms with Crippen LogP contribution < -0.4 is 10.5 Å². The number of aromatic nitrogens is 3. The first kappa shape index (κ1) is 19.9. The van der Waals surface area contributed by atoms with E-state index in [1.165, 1.54) is 0 Å². The van der Waals surface area contributed by atoms with Crippen LogP contribution in [0.5, 0.6) is 5.75 Å². The van der Waals surface area contributed by atoms with Gasteiger partial charge >= 0.3 is 0 Å². The predicted octanol–water partition coefficient (Wildman–Crippen LogP) is 2.13. The second kappa shape index (κ2) is 9.87. The van der Waals surface area contributed by atoms with Gasteiger partial charge in [-0.1, -0.05) is 0 Å². The summed E-state index contributed by atoms with van der Waals surface area (Å²) >= 11 is 0. The van der Waals surface area contributed by atoms with Crippen molar-refractivity contribution in [3.63, 3.8) is 0 Å². The molecular formula is C20H27N5O3. The summed E-state index contributed by atoms with van der Waals surface area (Å²) < 4.78 is 5.89. The SMILES string of the molecule is NC(=O)CCCCC(=O)N1CCC[C@@H](COc2ccc(-c3ccn[nH]3)nc2)C1. The van der Waals surface area contributed by atoms with Crippen LogP contribution >= 0.6 is 0 Å². The van der Waals surface area contributed by atoms with E-state index in [4.69, 9.17) is 10.5 Å². The quantitative estimate of drug-likeness (QED) is 0.642. The minimum absolute atomic E-state index is 0.153. The lowest BCUT2D eigenvalue weighted by atomic mass is 9.98. The van der Waals surface area contributed by atoms with Crippen molar-refractivity contribution in [3.05, 3.63) is 30.6 Å². The van der Waals surface area contributed by atoms with E-state index in [1.807, 2.05) is 23.1 Å². The number of hydrogen-bond acceptors (Lipinski definition) is 5. The maximum atomic E-state index is 12.4. The van der Waals surface area contributed by atoms with E-state index >= 15 is 0 Å². The number of hydrogen-bond donors (Lipinski definition) is 2. The Kier molecular flexibility index (Phi) is 7.00. The summed E-state index contributed by atoms with van der Waals surface area (Å²) in [5.41, 5.74) is 6.81. The third-order valence-corrected chi connectivity index (χ3v) is 4.93. The first-order valence-corrected chi connectivity index (χ1v) is 9.76. The highest BCUT2D eigenvalue weighted by molar-refractivity contribution is 5.76. The Morgan fingerprint density at radius 1 is 1.25 bits per heavy atom. The number of unbranched alkanes of at least 4 members (excludes halogenated alkanes) is 1. The Morgan fingerprint density at radius 2 is 2.11 bits per heavy atom. The number of carbonyl (C=O) groups is 2. The van der Waals surface area contributed by atoms with E-state index < -0.39 is 0 Å². The monoisotopic (exact) mass is 385 g/mol. The van der Waals surface area contributed by atoms with Gasteiger partial charge in [-0.25, -0.2) is 0 Å². The number of nitrogens with zero attached hydrogens (tertiary/aromatic N) is 3. The molecule has 1 saturated heterocycles. The Morgan fingerprint density at radius 3 is 2.82 bits per heavy atom. The number of ether oxygens (including phenoxy) is 1. The number of rotatable bonds is 9. The van der Waals surface area contributed by atoms with Gasteiger partial charge in [0, 0.05) is 38.0 Å². The first-order chi connectivity index (χ1) is 13.6. The summed E-state index contributed by atoms with van der Waals surface area (Å²) in [4.78, 5) is 29.4. The van der Waals surface area contributed by atoms with Crippen LogP contribution in [-0.4, -0.2) is 51.6 Å². The molecule has 1 aliphatic rings. The molecule has 3 N–H and O–H groups in total. The van der Waals surface area contributed by atoms with Crippen LogP contribution in [-0.2, 0) is 9.59 Å². The Balaban J connectivity index is 1.42. The zero-order chi connectivity index (χ0) is 19.8. The molecule has 150 valence electrons. The molecule has 0 saturated carbocycles. The highest BCUT2D eigenvalue weighted by atomic mass is 16.5. The fourth-order valence-corrected chi connectivity index (χ4v) is 3.40. The van der Waals surface area contributed by atoms with Crippen LogP contribution in [0.2, 0.25) is 0 Å². The molecule has 2 amide bonds. The van der Waals surface area contributed by atoms with E-state index in [-0.39, 0.29) is 11.8 Å². The van der Waals surface area contributed by atoms with Gasteiger partial charge in [0.05, 0.1) is 24.2 Å². The molecule has 1 fully saturated rings. The Bertz CT molecular complexity index is 761.